The van der Waals surface area contributed by atoms with Crippen molar-refractivity contribution in [3.63, 3.8) is 0 Å². The fourth-order valence-electron chi connectivity index (χ4n) is 6.11. The van der Waals surface area contributed by atoms with Crippen LogP contribution in [-0.4, -0.2) is 87.0 Å². The topological polar surface area (TPSA) is 144 Å². The minimum atomic E-state index is -4.08. The van der Waals surface area contributed by atoms with Gasteiger partial charge in [0.25, 0.3) is 0 Å². The molecule has 0 aromatic heterocycles. The van der Waals surface area contributed by atoms with E-state index in [0.717, 1.165) is 24.8 Å². The lowest BCUT2D eigenvalue weighted by molar-refractivity contribution is -0.119. The van der Waals surface area contributed by atoms with Gasteiger partial charge in [0.1, 0.15) is 11.9 Å². The lowest BCUT2D eigenvalue weighted by Gasteiger charge is -2.31. The van der Waals surface area contributed by atoms with Gasteiger partial charge in [-0.15, -0.1) is 0 Å². The van der Waals surface area contributed by atoms with Crippen LogP contribution in [0.15, 0.2) is 59.5 Å². The Bertz CT molecular complexity index is 1320. The molecule has 2 aromatic rings. The van der Waals surface area contributed by atoms with Gasteiger partial charge in [-0.1, -0.05) is 30.3 Å². The quantitative estimate of drug-likeness (QED) is 0.336. The van der Waals surface area contributed by atoms with Crippen molar-refractivity contribution in [1.82, 2.24) is 14.9 Å². The minimum absolute atomic E-state index is 0.0230. The number of rotatable bonds is 12. The van der Waals surface area contributed by atoms with Crippen LogP contribution in [0.2, 0.25) is 0 Å². The van der Waals surface area contributed by atoms with Crippen LogP contribution in [0.25, 0.3) is 0 Å². The van der Waals surface area contributed by atoms with E-state index >= 15 is 0 Å². The van der Waals surface area contributed by atoms with E-state index < -0.39 is 34.3 Å². The van der Waals surface area contributed by atoms with Gasteiger partial charge >= 0.3 is 6.09 Å². The number of carbonyl (C=O) groups is 2. The predicted molar refractivity (Wildman–Crippen MR) is 153 cm³/mol. The molecule has 1 aliphatic carbocycles. The van der Waals surface area contributed by atoms with Gasteiger partial charge in [-0.05, 0) is 61.9 Å². The second-order valence-electron chi connectivity index (χ2n) is 11.2. The molecular weight excluding hydrogens is 562 g/mol. The number of methoxy groups -OCH3 is 1. The summed E-state index contributed by atoms with van der Waals surface area (Å²) in [6, 6.07) is 14.1. The Kier molecular flexibility index (Phi) is 9.67. The number of hydrogen-bond donors (Lipinski definition) is 3. The number of carbonyl (C=O) groups excluding carboxylic acids is 2. The van der Waals surface area contributed by atoms with Crippen LogP contribution in [0.5, 0.6) is 5.75 Å². The Morgan fingerprint density at radius 2 is 1.88 bits per heavy atom. The summed E-state index contributed by atoms with van der Waals surface area (Å²) >= 11 is 0. The molecule has 12 heteroatoms. The van der Waals surface area contributed by atoms with Crippen molar-refractivity contribution in [3.8, 4) is 5.75 Å². The molecule has 0 spiro atoms. The van der Waals surface area contributed by atoms with Gasteiger partial charge in [0, 0.05) is 38.1 Å². The molecule has 1 saturated carbocycles. The Morgan fingerprint density at radius 1 is 1.12 bits per heavy atom. The molecule has 11 nitrogen and oxygen atoms in total. The van der Waals surface area contributed by atoms with E-state index in [2.05, 4.69) is 10.6 Å². The van der Waals surface area contributed by atoms with Gasteiger partial charge < -0.3 is 30.0 Å². The second-order valence-corrected chi connectivity index (χ2v) is 13.1. The van der Waals surface area contributed by atoms with Crippen LogP contribution in [0.4, 0.5) is 4.79 Å². The van der Waals surface area contributed by atoms with Gasteiger partial charge in [0.2, 0.25) is 15.9 Å². The number of nitrogens with one attached hydrogen (secondary N) is 2. The zero-order valence-electron chi connectivity index (χ0n) is 23.7. The van der Waals surface area contributed by atoms with Gasteiger partial charge in [0.05, 0.1) is 30.3 Å². The first kappa shape index (κ1) is 30.3. The second kappa shape index (κ2) is 13.4. The fourth-order valence-corrected chi connectivity index (χ4v) is 7.62. The molecular formula is C30H39N3O8S. The van der Waals surface area contributed by atoms with E-state index in [1.807, 2.05) is 30.3 Å². The molecule has 42 heavy (non-hydrogen) atoms. The highest BCUT2D eigenvalue weighted by Crippen LogP contribution is 2.37. The molecule has 5 rings (SSSR count). The number of amides is 2. The molecule has 6 atom stereocenters. The Labute approximate surface area is 246 Å². The number of aliphatic hydroxyl groups excluding tert-OH is 1. The van der Waals surface area contributed by atoms with Gasteiger partial charge in [0.15, 0.2) is 0 Å². The zero-order chi connectivity index (χ0) is 29.7. The standard InChI is InChI=1S/C30H39N3O8S/c1-39-22-8-10-23(11-9-22)42(37,38)33(18-21-7-14-29(35)31-21)19-26(34)25(17-20-5-3-2-4-6-20)32-30(36)41-28-13-12-27-24(28)15-16-40-27/h2-6,8-11,21,24-28,34H,7,12-19H2,1H3,(H,31,35)(H,32,36)/t21?,24-,25+,26-,27-,28?/m1/s1. The molecule has 3 N–H and O–H groups in total. The van der Waals surface area contributed by atoms with Crippen molar-refractivity contribution in [3.05, 3.63) is 60.2 Å². The number of sulfonamides is 1. The van der Waals surface area contributed by atoms with Gasteiger partial charge in [-0.3, -0.25) is 4.79 Å². The van der Waals surface area contributed by atoms with Crippen LogP contribution in [-0.2, 0) is 30.7 Å². The number of fused-ring (bicyclic) bond motifs is 1. The summed E-state index contributed by atoms with van der Waals surface area (Å²) in [5.41, 5.74) is 0.861. The van der Waals surface area contributed by atoms with E-state index in [9.17, 15) is 23.1 Å². The molecule has 2 aromatic carbocycles. The average Bonchev–Trinajstić information content (AvgIpc) is 3.72. The van der Waals surface area contributed by atoms with Gasteiger partial charge in [-0.25, -0.2) is 13.2 Å². The molecule has 2 aliphatic heterocycles. The van der Waals surface area contributed by atoms with E-state index in [1.165, 1.54) is 23.5 Å². The Morgan fingerprint density at radius 3 is 2.57 bits per heavy atom. The molecule has 0 radical (unpaired) electrons. The largest absolute Gasteiger partial charge is 0.497 e. The fraction of sp³-hybridized carbons (Fsp3) is 0.533. The van der Waals surface area contributed by atoms with Crippen LogP contribution >= 0.6 is 0 Å². The summed E-state index contributed by atoms with van der Waals surface area (Å²) in [7, 11) is -2.59. The van der Waals surface area contributed by atoms with Crippen molar-refractivity contribution in [1.29, 1.82) is 0 Å². The van der Waals surface area contributed by atoms with Crippen molar-refractivity contribution in [2.45, 2.75) is 73.8 Å². The highest BCUT2D eigenvalue weighted by atomic mass is 32.2. The smallest absolute Gasteiger partial charge is 0.407 e. The average molecular weight is 602 g/mol. The summed E-state index contributed by atoms with van der Waals surface area (Å²) in [6.45, 7) is 0.331. The van der Waals surface area contributed by atoms with E-state index in [4.69, 9.17) is 14.2 Å². The maximum atomic E-state index is 13.8. The predicted octanol–water partition coefficient (Wildman–Crippen LogP) is 2.23. The third-order valence-corrected chi connectivity index (χ3v) is 10.2. The van der Waals surface area contributed by atoms with E-state index in [0.29, 0.717) is 25.2 Å². The highest BCUT2D eigenvalue weighted by molar-refractivity contribution is 7.89. The normalized spacial score (nSPS) is 25.1. The SMILES string of the molecule is COc1ccc(S(=O)(=O)N(CC2CCC(=O)N2)C[C@@H](O)[C@H](Cc2ccccc2)NC(=O)OC2CC[C@H]3OCC[C@@H]23)cc1. The summed E-state index contributed by atoms with van der Waals surface area (Å²) in [6.07, 6.45) is 1.36. The number of ether oxygens (including phenoxy) is 3. The summed E-state index contributed by atoms with van der Waals surface area (Å²) in [4.78, 5) is 25.0. The lowest BCUT2D eigenvalue weighted by Crippen LogP contribution is -2.52. The first-order chi connectivity index (χ1) is 20.2. The van der Waals surface area contributed by atoms with Crippen LogP contribution in [0.3, 0.4) is 0 Å². The third-order valence-electron chi connectivity index (χ3n) is 8.40. The van der Waals surface area contributed by atoms with Crippen molar-refractivity contribution in [2.75, 3.05) is 26.8 Å². The number of nitrogens with zero attached hydrogens (tertiary/aromatic N) is 1. The molecule has 0 bridgehead atoms. The Balaban J connectivity index is 1.34. The number of benzene rings is 2. The highest BCUT2D eigenvalue weighted by Gasteiger charge is 2.43. The number of aliphatic hydroxyl groups is 1. The molecule has 2 saturated heterocycles. The summed E-state index contributed by atoms with van der Waals surface area (Å²) < 4.78 is 45.5. The zero-order valence-corrected chi connectivity index (χ0v) is 24.5. The minimum Gasteiger partial charge on any atom is -0.497 e. The third kappa shape index (κ3) is 7.23. The van der Waals surface area contributed by atoms with Crippen molar-refractivity contribution >= 4 is 22.0 Å². The van der Waals surface area contributed by atoms with Crippen molar-refractivity contribution < 1.29 is 37.3 Å². The van der Waals surface area contributed by atoms with Crippen molar-refractivity contribution in [2.24, 2.45) is 5.92 Å². The van der Waals surface area contributed by atoms with Crippen LogP contribution < -0.4 is 15.4 Å². The lowest BCUT2D eigenvalue weighted by atomic mass is 10.0. The number of alkyl carbamates (subject to hydrolysis) is 1. The number of hydrogen-bond acceptors (Lipinski definition) is 8. The first-order valence-electron chi connectivity index (χ1n) is 14.5. The molecule has 228 valence electrons. The summed E-state index contributed by atoms with van der Waals surface area (Å²) in [5.74, 6) is 0.530. The Hall–Kier alpha value is -3.19. The molecule has 2 heterocycles. The monoisotopic (exact) mass is 601 g/mol. The van der Waals surface area contributed by atoms with Crippen LogP contribution in [0, 0.1) is 5.92 Å². The first-order valence-corrected chi connectivity index (χ1v) is 15.9. The summed E-state index contributed by atoms with van der Waals surface area (Å²) in [5, 5.41) is 17.2. The van der Waals surface area contributed by atoms with E-state index in [-0.39, 0.29) is 48.4 Å². The molecule has 3 aliphatic rings. The maximum Gasteiger partial charge on any atom is 0.407 e. The molecule has 3 fully saturated rings. The molecule has 2 amide bonds. The van der Waals surface area contributed by atoms with E-state index in [1.54, 1.807) is 12.1 Å². The molecule has 2 unspecified atom stereocenters. The van der Waals surface area contributed by atoms with Crippen LogP contribution in [0.1, 0.15) is 37.7 Å². The maximum absolute atomic E-state index is 13.8. The van der Waals surface area contributed by atoms with Gasteiger partial charge in [-0.2, -0.15) is 4.31 Å².